The van der Waals surface area contributed by atoms with E-state index in [1.807, 2.05) is 7.11 Å². The predicted octanol–water partition coefficient (Wildman–Crippen LogP) is 3.65. The standard InChI is InChI=1S/C23H44N4O2.HI/c1-3-24-21(25-18-22(10-7-11-22)12-15-28-2)26-19-23(8-5-4-6-9-23)20-27-13-16-29-17-14-27;/h3-20H2,1-2H3,(H2,24,25,26);1H. The Bertz CT molecular complexity index is 501. The molecule has 30 heavy (non-hydrogen) atoms. The molecule has 0 unspecified atom stereocenters. The Balaban J connectivity index is 0.00000320. The van der Waals surface area contributed by atoms with Gasteiger partial charge in [0.1, 0.15) is 0 Å². The zero-order chi connectivity index (χ0) is 20.4. The van der Waals surface area contributed by atoms with Crippen molar-refractivity contribution in [2.75, 3.05) is 66.2 Å². The van der Waals surface area contributed by atoms with Crippen molar-refractivity contribution >= 4 is 29.9 Å². The van der Waals surface area contributed by atoms with E-state index in [1.165, 1.54) is 57.9 Å². The third-order valence-electron chi connectivity index (χ3n) is 7.38. The summed E-state index contributed by atoms with van der Waals surface area (Å²) < 4.78 is 10.9. The number of rotatable bonds is 10. The number of ether oxygens (including phenoxy) is 2. The second kappa shape index (κ2) is 13.4. The topological polar surface area (TPSA) is 58.1 Å². The second-order valence-electron chi connectivity index (χ2n) is 9.59. The number of morpholine rings is 1. The fourth-order valence-corrected chi connectivity index (χ4v) is 5.27. The SMILES string of the molecule is CCNC(=NCC1(CN2CCOCC2)CCCCC1)NCC1(CCOC)CCC1.I. The van der Waals surface area contributed by atoms with Crippen LogP contribution in [0.5, 0.6) is 0 Å². The van der Waals surface area contributed by atoms with Gasteiger partial charge in [-0.15, -0.1) is 24.0 Å². The van der Waals surface area contributed by atoms with Crippen molar-refractivity contribution in [3.05, 3.63) is 0 Å². The normalized spacial score (nSPS) is 23.9. The number of halogens is 1. The van der Waals surface area contributed by atoms with Crippen LogP contribution in [0.15, 0.2) is 4.99 Å². The van der Waals surface area contributed by atoms with Crippen LogP contribution < -0.4 is 10.6 Å². The third kappa shape index (κ3) is 7.78. The highest BCUT2D eigenvalue weighted by Gasteiger charge is 2.37. The molecule has 0 aromatic heterocycles. The number of hydrogen-bond donors (Lipinski definition) is 2. The Morgan fingerprint density at radius 2 is 1.70 bits per heavy atom. The number of guanidine groups is 1. The van der Waals surface area contributed by atoms with Crippen LogP contribution in [-0.4, -0.2) is 77.1 Å². The maximum absolute atomic E-state index is 5.56. The molecule has 176 valence electrons. The maximum Gasteiger partial charge on any atom is 0.191 e. The zero-order valence-corrected chi connectivity index (χ0v) is 21.7. The molecule has 3 fully saturated rings. The first-order chi connectivity index (χ1) is 14.2. The van der Waals surface area contributed by atoms with Gasteiger partial charge < -0.3 is 20.1 Å². The number of nitrogens with zero attached hydrogens (tertiary/aromatic N) is 2. The molecule has 0 spiro atoms. The van der Waals surface area contributed by atoms with Crippen molar-refractivity contribution in [2.45, 2.75) is 64.7 Å². The van der Waals surface area contributed by atoms with E-state index in [2.05, 4.69) is 22.5 Å². The van der Waals surface area contributed by atoms with Crippen LogP contribution in [0.4, 0.5) is 0 Å². The van der Waals surface area contributed by atoms with Crippen LogP contribution in [0.1, 0.15) is 64.7 Å². The Hall–Kier alpha value is -0.120. The highest BCUT2D eigenvalue weighted by molar-refractivity contribution is 14.0. The molecular weight excluding hydrogens is 491 g/mol. The van der Waals surface area contributed by atoms with E-state index >= 15 is 0 Å². The fourth-order valence-electron chi connectivity index (χ4n) is 5.27. The minimum atomic E-state index is 0. The maximum atomic E-state index is 5.56. The molecule has 2 aliphatic carbocycles. The van der Waals surface area contributed by atoms with Crippen molar-refractivity contribution in [1.29, 1.82) is 0 Å². The number of methoxy groups -OCH3 is 1. The van der Waals surface area contributed by atoms with Crippen molar-refractivity contribution < 1.29 is 9.47 Å². The molecule has 0 bridgehead atoms. The minimum Gasteiger partial charge on any atom is -0.385 e. The van der Waals surface area contributed by atoms with Crippen molar-refractivity contribution in [2.24, 2.45) is 15.8 Å². The van der Waals surface area contributed by atoms with Gasteiger partial charge in [0.25, 0.3) is 0 Å². The van der Waals surface area contributed by atoms with E-state index in [4.69, 9.17) is 14.5 Å². The molecule has 0 radical (unpaired) electrons. The summed E-state index contributed by atoms with van der Waals surface area (Å²) in [5.74, 6) is 1.00. The van der Waals surface area contributed by atoms with Crippen LogP contribution in [0.2, 0.25) is 0 Å². The van der Waals surface area contributed by atoms with Crippen molar-refractivity contribution in [3.8, 4) is 0 Å². The Kier molecular flexibility index (Phi) is 11.7. The van der Waals surface area contributed by atoms with Gasteiger partial charge in [-0.3, -0.25) is 9.89 Å². The first-order valence-corrected chi connectivity index (χ1v) is 12.0. The summed E-state index contributed by atoms with van der Waals surface area (Å²) in [6.07, 6.45) is 11.8. The van der Waals surface area contributed by atoms with Crippen LogP contribution in [0, 0.1) is 10.8 Å². The van der Waals surface area contributed by atoms with E-state index in [-0.39, 0.29) is 24.0 Å². The summed E-state index contributed by atoms with van der Waals surface area (Å²) in [4.78, 5) is 7.73. The lowest BCUT2D eigenvalue weighted by atomic mass is 9.67. The molecule has 0 atom stereocenters. The predicted molar refractivity (Wildman–Crippen MR) is 135 cm³/mol. The first-order valence-electron chi connectivity index (χ1n) is 12.0. The van der Waals surface area contributed by atoms with Crippen LogP contribution in [0.3, 0.4) is 0 Å². The molecule has 3 aliphatic rings. The van der Waals surface area contributed by atoms with Gasteiger partial charge in [-0.25, -0.2) is 0 Å². The summed E-state index contributed by atoms with van der Waals surface area (Å²) in [6, 6.07) is 0. The monoisotopic (exact) mass is 536 g/mol. The molecule has 6 nitrogen and oxygen atoms in total. The molecule has 0 aromatic rings. The van der Waals surface area contributed by atoms with E-state index < -0.39 is 0 Å². The average Bonchev–Trinajstić information content (AvgIpc) is 2.72. The molecular formula is C23H45IN4O2. The second-order valence-corrected chi connectivity index (χ2v) is 9.59. The number of hydrogen-bond acceptors (Lipinski definition) is 4. The Morgan fingerprint density at radius 3 is 2.30 bits per heavy atom. The fraction of sp³-hybridized carbons (Fsp3) is 0.957. The van der Waals surface area contributed by atoms with E-state index in [9.17, 15) is 0 Å². The van der Waals surface area contributed by atoms with Gasteiger partial charge in [0.15, 0.2) is 5.96 Å². The molecule has 1 saturated heterocycles. The van der Waals surface area contributed by atoms with E-state index in [1.54, 1.807) is 0 Å². The zero-order valence-electron chi connectivity index (χ0n) is 19.3. The quantitative estimate of drug-likeness (QED) is 0.254. The van der Waals surface area contributed by atoms with Gasteiger partial charge in [0.2, 0.25) is 0 Å². The molecule has 1 heterocycles. The lowest BCUT2D eigenvalue weighted by Gasteiger charge is -2.43. The average molecular weight is 537 g/mol. The largest absolute Gasteiger partial charge is 0.385 e. The van der Waals surface area contributed by atoms with Gasteiger partial charge in [0.05, 0.1) is 13.2 Å². The highest BCUT2D eigenvalue weighted by Crippen LogP contribution is 2.43. The summed E-state index contributed by atoms with van der Waals surface area (Å²) >= 11 is 0. The lowest BCUT2D eigenvalue weighted by Crippen LogP contribution is -2.48. The van der Waals surface area contributed by atoms with Crippen LogP contribution >= 0.6 is 24.0 Å². The number of nitrogens with one attached hydrogen (secondary N) is 2. The first kappa shape index (κ1) is 26.1. The summed E-state index contributed by atoms with van der Waals surface area (Å²) in [5, 5.41) is 7.18. The van der Waals surface area contributed by atoms with Crippen molar-refractivity contribution in [1.82, 2.24) is 15.5 Å². The minimum absolute atomic E-state index is 0. The molecule has 2 N–H and O–H groups in total. The summed E-state index contributed by atoms with van der Waals surface area (Å²) in [5.41, 5.74) is 0.741. The smallest absolute Gasteiger partial charge is 0.191 e. The van der Waals surface area contributed by atoms with E-state index in [0.29, 0.717) is 10.8 Å². The van der Waals surface area contributed by atoms with Gasteiger partial charge in [-0.2, -0.15) is 0 Å². The molecule has 2 saturated carbocycles. The molecule has 0 amide bonds. The van der Waals surface area contributed by atoms with E-state index in [0.717, 1.165) is 64.9 Å². The van der Waals surface area contributed by atoms with Gasteiger partial charge >= 0.3 is 0 Å². The number of aliphatic imine (C=N–C) groups is 1. The molecule has 7 heteroatoms. The van der Waals surface area contributed by atoms with Crippen LogP contribution in [-0.2, 0) is 9.47 Å². The molecule has 3 rings (SSSR count). The van der Waals surface area contributed by atoms with Gasteiger partial charge in [0, 0.05) is 58.4 Å². The van der Waals surface area contributed by atoms with Gasteiger partial charge in [-0.05, 0) is 44.4 Å². The molecule has 0 aromatic carbocycles. The Morgan fingerprint density at radius 1 is 1.00 bits per heavy atom. The Labute approximate surface area is 201 Å². The third-order valence-corrected chi connectivity index (χ3v) is 7.38. The summed E-state index contributed by atoms with van der Waals surface area (Å²) in [6.45, 7) is 11.0. The highest BCUT2D eigenvalue weighted by atomic mass is 127. The lowest BCUT2D eigenvalue weighted by molar-refractivity contribution is 0.00936. The van der Waals surface area contributed by atoms with Gasteiger partial charge in [-0.1, -0.05) is 25.7 Å². The van der Waals surface area contributed by atoms with Crippen molar-refractivity contribution in [3.63, 3.8) is 0 Å². The molecule has 1 aliphatic heterocycles. The summed E-state index contributed by atoms with van der Waals surface area (Å²) in [7, 11) is 1.81. The van der Waals surface area contributed by atoms with Crippen LogP contribution in [0.25, 0.3) is 0 Å².